The van der Waals surface area contributed by atoms with Crippen molar-refractivity contribution in [3.8, 4) is 11.5 Å². The SMILES string of the molecule is COc1ccc2c(c1)CN(c1cc(=O)oc3cc(OC)ccc13)CCC2. The van der Waals surface area contributed by atoms with Gasteiger partial charge in [-0.15, -0.1) is 0 Å². The molecule has 2 aromatic carbocycles. The van der Waals surface area contributed by atoms with Crippen molar-refractivity contribution in [2.24, 2.45) is 0 Å². The van der Waals surface area contributed by atoms with Crippen LogP contribution < -0.4 is 20.0 Å². The summed E-state index contributed by atoms with van der Waals surface area (Å²) in [4.78, 5) is 14.4. The molecule has 1 aromatic heterocycles. The molecule has 0 N–H and O–H groups in total. The van der Waals surface area contributed by atoms with Crippen LogP contribution >= 0.6 is 0 Å². The minimum Gasteiger partial charge on any atom is -0.497 e. The third-order valence-electron chi connectivity index (χ3n) is 4.92. The van der Waals surface area contributed by atoms with E-state index in [1.54, 1.807) is 26.4 Å². The van der Waals surface area contributed by atoms with Gasteiger partial charge in [0.2, 0.25) is 0 Å². The highest BCUT2D eigenvalue weighted by atomic mass is 16.5. The van der Waals surface area contributed by atoms with Gasteiger partial charge in [0.05, 0.1) is 19.9 Å². The van der Waals surface area contributed by atoms with Gasteiger partial charge in [-0.2, -0.15) is 0 Å². The van der Waals surface area contributed by atoms with Gasteiger partial charge < -0.3 is 18.8 Å². The number of nitrogens with zero attached hydrogens (tertiary/aromatic N) is 1. The van der Waals surface area contributed by atoms with Crippen LogP contribution in [0.5, 0.6) is 11.5 Å². The van der Waals surface area contributed by atoms with Crippen LogP contribution in [-0.2, 0) is 13.0 Å². The van der Waals surface area contributed by atoms with Gasteiger partial charge in [-0.05, 0) is 48.2 Å². The van der Waals surface area contributed by atoms with Crippen molar-refractivity contribution in [2.45, 2.75) is 19.4 Å². The lowest BCUT2D eigenvalue weighted by Gasteiger charge is -2.24. The lowest BCUT2D eigenvalue weighted by molar-refractivity contribution is 0.414. The van der Waals surface area contributed by atoms with Crippen LogP contribution in [0.1, 0.15) is 17.5 Å². The van der Waals surface area contributed by atoms with Gasteiger partial charge in [-0.1, -0.05) is 6.07 Å². The molecule has 0 amide bonds. The summed E-state index contributed by atoms with van der Waals surface area (Å²) in [5, 5.41) is 0.914. The highest BCUT2D eigenvalue weighted by Crippen LogP contribution is 2.32. The molecule has 0 bridgehead atoms. The van der Waals surface area contributed by atoms with E-state index < -0.39 is 0 Å². The molecule has 4 rings (SSSR count). The predicted molar refractivity (Wildman–Crippen MR) is 101 cm³/mol. The molecule has 26 heavy (non-hydrogen) atoms. The molecular weight excluding hydrogens is 330 g/mol. The molecule has 0 fully saturated rings. The Kier molecular flexibility index (Phi) is 4.29. The summed E-state index contributed by atoms with van der Waals surface area (Å²) in [5.41, 5.74) is 3.66. The molecule has 3 aromatic rings. The largest absolute Gasteiger partial charge is 0.497 e. The van der Waals surface area contributed by atoms with E-state index in [1.165, 1.54) is 11.1 Å². The van der Waals surface area contributed by atoms with Gasteiger partial charge in [0.1, 0.15) is 17.1 Å². The monoisotopic (exact) mass is 351 g/mol. The number of ether oxygens (including phenoxy) is 2. The van der Waals surface area contributed by atoms with Crippen LogP contribution in [0.15, 0.2) is 51.7 Å². The predicted octanol–water partition coefficient (Wildman–Crippen LogP) is 3.76. The molecule has 0 atom stereocenters. The third kappa shape index (κ3) is 3.01. The molecule has 134 valence electrons. The molecule has 0 aliphatic carbocycles. The Labute approximate surface area is 151 Å². The molecule has 0 saturated heterocycles. The summed E-state index contributed by atoms with van der Waals surface area (Å²) >= 11 is 0. The number of anilines is 1. The number of aryl methyl sites for hydroxylation is 1. The van der Waals surface area contributed by atoms with Crippen molar-refractivity contribution in [2.75, 3.05) is 25.7 Å². The Morgan fingerprint density at radius 2 is 1.73 bits per heavy atom. The fourth-order valence-electron chi connectivity index (χ4n) is 3.59. The normalized spacial score (nSPS) is 14.0. The van der Waals surface area contributed by atoms with E-state index in [9.17, 15) is 4.79 Å². The fourth-order valence-corrected chi connectivity index (χ4v) is 3.59. The van der Waals surface area contributed by atoms with Gasteiger partial charge in [0.25, 0.3) is 0 Å². The average molecular weight is 351 g/mol. The number of methoxy groups -OCH3 is 2. The zero-order valence-corrected chi connectivity index (χ0v) is 15.0. The van der Waals surface area contributed by atoms with E-state index in [1.807, 2.05) is 18.2 Å². The first-order valence-corrected chi connectivity index (χ1v) is 8.70. The van der Waals surface area contributed by atoms with Crippen molar-refractivity contribution in [3.63, 3.8) is 0 Å². The highest BCUT2D eigenvalue weighted by Gasteiger charge is 2.19. The zero-order chi connectivity index (χ0) is 18.1. The maximum Gasteiger partial charge on any atom is 0.338 e. The van der Waals surface area contributed by atoms with Crippen molar-refractivity contribution in [1.82, 2.24) is 0 Å². The van der Waals surface area contributed by atoms with Crippen molar-refractivity contribution < 1.29 is 13.9 Å². The third-order valence-corrected chi connectivity index (χ3v) is 4.92. The second-order valence-electron chi connectivity index (χ2n) is 6.47. The highest BCUT2D eigenvalue weighted by molar-refractivity contribution is 5.91. The maximum atomic E-state index is 12.1. The van der Waals surface area contributed by atoms with E-state index in [0.717, 1.165) is 42.8 Å². The quantitative estimate of drug-likeness (QED) is 0.673. The molecule has 0 spiro atoms. The van der Waals surface area contributed by atoms with Gasteiger partial charge in [-0.3, -0.25) is 0 Å². The van der Waals surface area contributed by atoms with E-state index in [2.05, 4.69) is 17.0 Å². The first kappa shape index (κ1) is 16.5. The summed E-state index contributed by atoms with van der Waals surface area (Å²) < 4.78 is 16.0. The molecule has 1 aliphatic rings. The topological polar surface area (TPSA) is 51.9 Å². The first-order valence-electron chi connectivity index (χ1n) is 8.70. The molecular formula is C21H21NO4. The number of hydrogen-bond acceptors (Lipinski definition) is 5. The number of fused-ring (bicyclic) bond motifs is 2. The standard InChI is InChI=1S/C21H21NO4/c1-24-16-6-5-14-4-3-9-22(13-15(14)10-16)19-12-21(23)26-20-11-17(25-2)7-8-18(19)20/h5-8,10-12H,3-4,9,13H2,1-2H3. The van der Waals surface area contributed by atoms with E-state index in [4.69, 9.17) is 13.9 Å². The van der Waals surface area contributed by atoms with Crippen LogP contribution in [0.25, 0.3) is 11.0 Å². The Morgan fingerprint density at radius 3 is 2.54 bits per heavy atom. The van der Waals surface area contributed by atoms with Gasteiger partial charge in [-0.25, -0.2) is 4.79 Å². The second-order valence-corrected chi connectivity index (χ2v) is 6.47. The number of hydrogen-bond donors (Lipinski definition) is 0. The summed E-state index contributed by atoms with van der Waals surface area (Å²) in [7, 11) is 3.28. The van der Waals surface area contributed by atoms with E-state index in [0.29, 0.717) is 11.3 Å². The van der Waals surface area contributed by atoms with Crippen LogP contribution in [0.2, 0.25) is 0 Å². The summed E-state index contributed by atoms with van der Waals surface area (Å²) in [6.45, 7) is 1.61. The van der Waals surface area contributed by atoms with Crippen LogP contribution in [0.4, 0.5) is 5.69 Å². The minimum atomic E-state index is -0.351. The van der Waals surface area contributed by atoms with Crippen LogP contribution in [0.3, 0.4) is 0 Å². The number of benzene rings is 2. The van der Waals surface area contributed by atoms with Crippen LogP contribution in [-0.4, -0.2) is 20.8 Å². The van der Waals surface area contributed by atoms with Crippen molar-refractivity contribution in [3.05, 3.63) is 64.0 Å². The number of rotatable bonds is 3. The molecule has 1 aliphatic heterocycles. The first-order chi connectivity index (χ1) is 12.7. The Balaban J connectivity index is 1.80. The Morgan fingerprint density at radius 1 is 0.962 bits per heavy atom. The van der Waals surface area contributed by atoms with Crippen LogP contribution in [0, 0.1) is 0 Å². The lowest BCUT2D eigenvalue weighted by Crippen LogP contribution is -2.24. The summed E-state index contributed by atoms with van der Waals surface area (Å²) in [6.07, 6.45) is 2.04. The Hall–Kier alpha value is -2.95. The van der Waals surface area contributed by atoms with Crippen molar-refractivity contribution >= 4 is 16.7 Å². The average Bonchev–Trinajstić information content (AvgIpc) is 2.88. The molecule has 0 saturated carbocycles. The van der Waals surface area contributed by atoms with E-state index >= 15 is 0 Å². The smallest absolute Gasteiger partial charge is 0.338 e. The fraction of sp³-hybridized carbons (Fsp3) is 0.286. The molecule has 2 heterocycles. The van der Waals surface area contributed by atoms with Crippen molar-refractivity contribution in [1.29, 1.82) is 0 Å². The minimum absolute atomic E-state index is 0.351. The lowest BCUT2D eigenvalue weighted by atomic mass is 10.0. The molecule has 0 unspecified atom stereocenters. The second kappa shape index (κ2) is 6.75. The Bertz CT molecular complexity index is 1010. The molecule has 5 nitrogen and oxygen atoms in total. The summed E-state index contributed by atoms with van der Waals surface area (Å²) in [5.74, 6) is 1.52. The zero-order valence-electron chi connectivity index (χ0n) is 15.0. The maximum absolute atomic E-state index is 12.1. The van der Waals surface area contributed by atoms with Gasteiger partial charge in [0.15, 0.2) is 0 Å². The molecule has 5 heteroatoms. The van der Waals surface area contributed by atoms with Gasteiger partial charge in [0, 0.05) is 30.6 Å². The molecule has 0 radical (unpaired) electrons. The van der Waals surface area contributed by atoms with Gasteiger partial charge >= 0.3 is 5.63 Å². The summed E-state index contributed by atoms with van der Waals surface area (Å²) in [6, 6.07) is 13.4. The van der Waals surface area contributed by atoms with E-state index in [-0.39, 0.29) is 5.63 Å².